The van der Waals surface area contributed by atoms with Crippen LogP contribution in [-0.4, -0.2) is 23.1 Å². The molecule has 0 aromatic carbocycles. The lowest BCUT2D eigenvalue weighted by molar-refractivity contribution is 0.445. The van der Waals surface area contributed by atoms with Gasteiger partial charge in [-0.3, -0.25) is 4.79 Å². The van der Waals surface area contributed by atoms with Crippen molar-refractivity contribution in [3.05, 3.63) is 27.9 Å². The molecular formula is C13H21N3O. The molecule has 1 saturated heterocycles. The van der Waals surface area contributed by atoms with Gasteiger partial charge < -0.3 is 10.3 Å². The minimum atomic E-state index is 0.0364. The summed E-state index contributed by atoms with van der Waals surface area (Å²) in [7, 11) is 0. The molecule has 0 bridgehead atoms. The van der Waals surface area contributed by atoms with Crippen molar-refractivity contribution in [2.24, 2.45) is 5.92 Å². The normalized spacial score (nSPS) is 20.8. The molecule has 4 heteroatoms. The van der Waals surface area contributed by atoms with Crippen LogP contribution in [0.5, 0.6) is 0 Å². The van der Waals surface area contributed by atoms with Crippen LogP contribution in [0.25, 0.3) is 0 Å². The number of hydrogen-bond acceptors (Lipinski definition) is 3. The fourth-order valence-electron chi connectivity index (χ4n) is 2.31. The fourth-order valence-corrected chi connectivity index (χ4v) is 2.31. The second kappa shape index (κ2) is 5.45. The zero-order valence-electron chi connectivity index (χ0n) is 10.6. The summed E-state index contributed by atoms with van der Waals surface area (Å²) in [5, 5.41) is 3.34. The predicted molar refractivity (Wildman–Crippen MR) is 68.2 cm³/mol. The molecule has 1 unspecified atom stereocenters. The summed E-state index contributed by atoms with van der Waals surface area (Å²) in [6.45, 7) is 6.22. The van der Waals surface area contributed by atoms with Crippen LogP contribution in [0.15, 0.2) is 11.0 Å². The van der Waals surface area contributed by atoms with Gasteiger partial charge in [0.2, 0.25) is 0 Å². The third-order valence-corrected chi connectivity index (χ3v) is 3.20. The summed E-state index contributed by atoms with van der Waals surface area (Å²) >= 11 is 0. The molecule has 0 aliphatic carbocycles. The number of piperidine rings is 1. The van der Waals surface area contributed by atoms with E-state index in [1.165, 1.54) is 0 Å². The van der Waals surface area contributed by atoms with Crippen LogP contribution in [-0.2, 0) is 6.42 Å². The Balaban J connectivity index is 2.15. The van der Waals surface area contributed by atoms with Crippen molar-refractivity contribution in [1.82, 2.24) is 15.3 Å². The van der Waals surface area contributed by atoms with Crippen molar-refractivity contribution in [3.8, 4) is 0 Å². The predicted octanol–water partition coefficient (Wildman–Crippen LogP) is 1.44. The van der Waals surface area contributed by atoms with Crippen LogP contribution in [0.1, 0.15) is 44.0 Å². The Kier molecular flexibility index (Phi) is 3.94. The molecule has 1 aromatic heterocycles. The Morgan fingerprint density at radius 3 is 2.94 bits per heavy atom. The highest BCUT2D eigenvalue weighted by molar-refractivity contribution is 5.09. The molecule has 94 valence electrons. The summed E-state index contributed by atoms with van der Waals surface area (Å²) in [6, 6.07) is 0. The van der Waals surface area contributed by atoms with Gasteiger partial charge in [-0.05, 0) is 31.7 Å². The number of aromatic nitrogens is 2. The Morgan fingerprint density at radius 2 is 2.35 bits per heavy atom. The molecule has 1 aliphatic rings. The van der Waals surface area contributed by atoms with Crippen LogP contribution in [0, 0.1) is 5.92 Å². The molecule has 2 N–H and O–H groups in total. The molecule has 1 atom stereocenters. The Bertz CT molecular complexity index is 419. The van der Waals surface area contributed by atoms with Gasteiger partial charge >= 0.3 is 0 Å². The minimum absolute atomic E-state index is 0.0364. The van der Waals surface area contributed by atoms with E-state index >= 15 is 0 Å². The van der Waals surface area contributed by atoms with E-state index in [-0.39, 0.29) is 5.56 Å². The molecule has 0 amide bonds. The first-order valence-corrected chi connectivity index (χ1v) is 6.45. The standard InChI is InChI=1S/C13H21N3O/c1-9(2)6-11-8-15-12(16-13(11)17)10-4-3-5-14-7-10/h8-10,14H,3-7H2,1-2H3,(H,15,16,17). The summed E-state index contributed by atoms with van der Waals surface area (Å²) in [4.78, 5) is 19.3. The third-order valence-electron chi connectivity index (χ3n) is 3.20. The second-order valence-electron chi connectivity index (χ2n) is 5.26. The summed E-state index contributed by atoms with van der Waals surface area (Å²) in [5.41, 5.74) is 0.835. The van der Waals surface area contributed by atoms with E-state index in [0.29, 0.717) is 11.8 Å². The fraction of sp³-hybridized carbons (Fsp3) is 0.692. The average Bonchev–Trinajstić information content (AvgIpc) is 2.32. The van der Waals surface area contributed by atoms with E-state index in [1.54, 1.807) is 6.20 Å². The highest BCUT2D eigenvalue weighted by Crippen LogP contribution is 2.18. The van der Waals surface area contributed by atoms with Crippen molar-refractivity contribution < 1.29 is 0 Å². The Hall–Kier alpha value is -1.16. The third kappa shape index (κ3) is 3.16. The van der Waals surface area contributed by atoms with E-state index in [0.717, 1.165) is 43.7 Å². The van der Waals surface area contributed by atoms with Gasteiger partial charge in [-0.15, -0.1) is 0 Å². The average molecular weight is 235 g/mol. The van der Waals surface area contributed by atoms with Crippen LogP contribution >= 0.6 is 0 Å². The van der Waals surface area contributed by atoms with Gasteiger partial charge in [0.05, 0.1) is 0 Å². The van der Waals surface area contributed by atoms with Crippen molar-refractivity contribution in [3.63, 3.8) is 0 Å². The summed E-state index contributed by atoms with van der Waals surface area (Å²) in [5.74, 6) is 1.69. The van der Waals surface area contributed by atoms with Crippen LogP contribution in [0.3, 0.4) is 0 Å². The lowest BCUT2D eigenvalue weighted by Crippen LogP contribution is -2.31. The molecule has 0 saturated carbocycles. The molecule has 1 aliphatic heterocycles. The zero-order valence-corrected chi connectivity index (χ0v) is 10.6. The monoisotopic (exact) mass is 235 g/mol. The van der Waals surface area contributed by atoms with Gasteiger partial charge in [0.1, 0.15) is 5.82 Å². The van der Waals surface area contributed by atoms with E-state index in [4.69, 9.17) is 0 Å². The van der Waals surface area contributed by atoms with Crippen molar-refractivity contribution in [2.45, 2.75) is 39.0 Å². The molecule has 1 fully saturated rings. The number of H-pyrrole nitrogens is 1. The lowest BCUT2D eigenvalue weighted by Gasteiger charge is -2.21. The first kappa shape index (κ1) is 12.3. The van der Waals surface area contributed by atoms with E-state index in [9.17, 15) is 4.79 Å². The number of rotatable bonds is 3. The SMILES string of the molecule is CC(C)Cc1cnc(C2CCCNC2)[nH]c1=O. The van der Waals surface area contributed by atoms with Gasteiger partial charge in [0.15, 0.2) is 0 Å². The molecule has 0 spiro atoms. The topological polar surface area (TPSA) is 57.8 Å². The van der Waals surface area contributed by atoms with Crippen LogP contribution in [0.2, 0.25) is 0 Å². The van der Waals surface area contributed by atoms with Crippen molar-refractivity contribution >= 4 is 0 Å². The van der Waals surface area contributed by atoms with E-state index < -0.39 is 0 Å². The summed E-state index contributed by atoms with van der Waals surface area (Å²) < 4.78 is 0. The summed E-state index contributed by atoms with van der Waals surface area (Å²) in [6.07, 6.45) is 4.82. The second-order valence-corrected chi connectivity index (χ2v) is 5.26. The Morgan fingerprint density at radius 1 is 1.53 bits per heavy atom. The van der Waals surface area contributed by atoms with Crippen molar-refractivity contribution in [2.75, 3.05) is 13.1 Å². The first-order chi connectivity index (χ1) is 8.16. The van der Waals surface area contributed by atoms with Gasteiger partial charge in [-0.1, -0.05) is 13.8 Å². The Labute approximate surface area is 102 Å². The van der Waals surface area contributed by atoms with Gasteiger partial charge in [0, 0.05) is 24.2 Å². The van der Waals surface area contributed by atoms with E-state index in [1.807, 2.05) is 0 Å². The van der Waals surface area contributed by atoms with E-state index in [2.05, 4.69) is 29.1 Å². The molecule has 0 radical (unpaired) electrons. The maximum Gasteiger partial charge on any atom is 0.254 e. The van der Waals surface area contributed by atoms with Gasteiger partial charge in [-0.25, -0.2) is 4.98 Å². The maximum atomic E-state index is 11.9. The smallest absolute Gasteiger partial charge is 0.254 e. The first-order valence-electron chi connectivity index (χ1n) is 6.45. The molecule has 17 heavy (non-hydrogen) atoms. The molecule has 4 nitrogen and oxygen atoms in total. The number of hydrogen-bond donors (Lipinski definition) is 2. The van der Waals surface area contributed by atoms with Crippen molar-refractivity contribution in [1.29, 1.82) is 0 Å². The van der Waals surface area contributed by atoms with Gasteiger partial charge in [0.25, 0.3) is 5.56 Å². The highest BCUT2D eigenvalue weighted by Gasteiger charge is 2.17. The van der Waals surface area contributed by atoms with Crippen LogP contribution in [0.4, 0.5) is 0 Å². The molecule has 1 aromatic rings. The number of nitrogens with one attached hydrogen (secondary N) is 2. The quantitative estimate of drug-likeness (QED) is 0.833. The molecular weight excluding hydrogens is 214 g/mol. The number of nitrogens with zero attached hydrogens (tertiary/aromatic N) is 1. The molecule has 2 heterocycles. The minimum Gasteiger partial charge on any atom is -0.316 e. The van der Waals surface area contributed by atoms with Gasteiger partial charge in [-0.2, -0.15) is 0 Å². The number of aromatic amines is 1. The van der Waals surface area contributed by atoms with Crippen LogP contribution < -0.4 is 10.9 Å². The largest absolute Gasteiger partial charge is 0.316 e. The highest BCUT2D eigenvalue weighted by atomic mass is 16.1. The lowest BCUT2D eigenvalue weighted by atomic mass is 9.98. The maximum absolute atomic E-state index is 11.9. The molecule has 2 rings (SSSR count). The zero-order chi connectivity index (χ0) is 12.3.